The Balaban J connectivity index is 1.59. The number of ether oxygens (including phenoxy) is 1. The van der Waals surface area contributed by atoms with Crippen LogP contribution in [0.5, 0.6) is 0 Å². The Morgan fingerprint density at radius 1 is 1.03 bits per heavy atom. The lowest BCUT2D eigenvalue weighted by molar-refractivity contribution is -0.149. The van der Waals surface area contributed by atoms with E-state index in [1.165, 1.54) is 0 Å². The summed E-state index contributed by atoms with van der Waals surface area (Å²) in [7, 11) is 0. The Morgan fingerprint density at radius 2 is 1.80 bits per heavy atom. The highest BCUT2D eigenvalue weighted by Crippen LogP contribution is 2.31. The van der Waals surface area contributed by atoms with Crippen molar-refractivity contribution in [2.24, 2.45) is 0 Å². The molecule has 8 heteroatoms. The summed E-state index contributed by atoms with van der Waals surface area (Å²) >= 11 is 3.44. The van der Waals surface area contributed by atoms with Crippen LogP contribution < -0.4 is 0 Å². The second-order valence-electron chi connectivity index (χ2n) is 6.57. The number of furan rings is 1. The first kappa shape index (κ1) is 19.9. The summed E-state index contributed by atoms with van der Waals surface area (Å²) in [6.45, 7) is -0.0657. The number of hydrogen-bond acceptors (Lipinski definition) is 5. The van der Waals surface area contributed by atoms with Crippen molar-refractivity contribution in [3.63, 3.8) is 0 Å². The third-order valence-corrected chi connectivity index (χ3v) is 5.00. The number of fused-ring (bicyclic) bond motifs is 1. The zero-order chi connectivity index (χ0) is 21.1. The van der Waals surface area contributed by atoms with Crippen LogP contribution in [0.15, 0.2) is 69.6 Å². The molecule has 0 radical (unpaired) electrons. The minimum absolute atomic E-state index is 0.0657. The van der Waals surface area contributed by atoms with Gasteiger partial charge in [-0.15, -0.1) is 0 Å². The largest absolute Gasteiger partial charge is 0.481 e. The van der Waals surface area contributed by atoms with E-state index in [-0.39, 0.29) is 19.4 Å². The van der Waals surface area contributed by atoms with Crippen molar-refractivity contribution in [2.45, 2.75) is 19.4 Å². The molecule has 0 fully saturated rings. The fourth-order valence-corrected chi connectivity index (χ4v) is 3.31. The van der Waals surface area contributed by atoms with Crippen LogP contribution >= 0.6 is 15.9 Å². The van der Waals surface area contributed by atoms with Crippen LogP contribution in [0.3, 0.4) is 0 Å². The maximum Gasteiger partial charge on any atom is 0.306 e. The number of carboxylic acids is 1. The summed E-state index contributed by atoms with van der Waals surface area (Å²) in [6, 6.07) is 19.2. The number of benzene rings is 2. The molecule has 0 saturated carbocycles. The Morgan fingerprint density at radius 3 is 2.57 bits per heavy atom. The third kappa shape index (κ3) is 4.28. The molecule has 0 amide bonds. The van der Waals surface area contributed by atoms with Gasteiger partial charge in [0.2, 0.25) is 0 Å². The lowest BCUT2D eigenvalue weighted by Crippen LogP contribution is -2.07. The van der Waals surface area contributed by atoms with Gasteiger partial charge in [-0.3, -0.25) is 9.59 Å². The van der Waals surface area contributed by atoms with Crippen LogP contribution in [0.1, 0.15) is 18.6 Å². The van der Waals surface area contributed by atoms with Gasteiger partial charge in [0.05, 0.1) is 24.0 Å². The minimum atomic E-state index is -1.04. The molecule has 0 unspecified atom stereocenters. The lowest BCUT2D eigenvalue weighted by Gasteiger charge is -2.03. The molecule has 2 heterocycles. The van der Waals surface area contributed by atoms with Gasteiger partial charge in [-0.2, -0.15) is 5.10 Å². The quantitative estimate of drug-likeness (QED) is 0.385. The molecule has 0 aliphatic carbocycles. The number of aromatic nitrogens is 2. The fraction of sp³-hybridized carbons (Fsp3) is 0.136. The number of carboxylic acid groups (broad SMARTS) is 1. The van der Waals surface area contributed by atoms with Gasteiger partial charge >= 0.3 is 11.9 Å². The molecule has 30 heavy (non-hydrogen) atoms. The highest BCUT2D eigenvalue weighted by molar-refractivity contribution is 9.10. The average Bonchev–Trinajstić information content (AvgIpc) is 3.36. The molecule has 4 rings (SSSR count). The van der Waals surface area contributed by atoms with E-state index in [0.29, 0.717) is 17.2 Å². The van der Waals surface area contributed by atoms with E-state index in [1.807, 2.05) is 53.2 Å². The van der Waals surface area contributed by atoms with Gasteiger partial charge < -0.3 is 14.3 Å². The normalized spacial score (nSPS) is 11.0. The summed E-state index contributed by atoms with van der Waals surface area (Å²) in [4.78, 5) is 22.1. The van der Waals surface area contributed by atoms with Crippen LogP contribution in [0.25, 0.3) is 28.0 Å². The van der Waals surface area contributed by atoms with Crippen molar-refractivity contribution in [3.05, 3.63) is 70.9 Å². The number of esters is 1. The zero-order valence-electron chi connectivity index (χ0n) is 15.7. The fourth-order valence-electron chi connectivity index (χ4n) is 3.04. The summed E-state index contributed by atoms with van der Waals surface area (Å²) in [6.07, 6.45) is -0.438. The smallest absolute Gasteiger partial charge is 0.306 e. The van der Waals surface area contributed by atoms with Crippen LogP contribution in [-0.4, -0.2) is 26.8 Å². The Bertz CT molecular complexity index is 1210. The van der Waals surface area contributed by atoms with E-state index in [1.54, 1.807) is 12.1 Å². The summed E-state index contributed by atoms with van der Waals surface area (Å²) in [5.74, 6) is -0.615. The summed E-state index contributed by atoms with van der Waals surface area (Å²) in [5.41, 5.74) is 2.53. The molecule has 152 valence electrons. The van der Waals surface area contributed by atoms with Gasteiger partial charge in [-0.05, 0) is 42.5 Å². The molecule has 1 N–H and O–H groups in total. The number of rotatable bonds is 7. The number of carbonyl (C=O) groups excluding carboxylic acids is 1. The molecule has 0 aliphatic heterocycles. The highest BCUT2D eigenvalue weighted by atomic mass is 79.9. The van der Waals surface area contributed by atoms with E-state index in [0.717, 1.165) is 21.1 Å². The molecular formula is C22H17BrN2O5. The Hall–Kier alpha value is -3.39. The molecule has 4 aromatic rings. The van der Waals surface area contributed by atoms with Crippen LogP contribution in [-0.2, 0) is 20.9 Å². The molecule has 2 aromatic heterocycles. The topological polar surface area (TPSA) is 94.6 Å². The van der Waals surface area contributed by atoms with Gasteiger partial charge in [-0.25, -0.2) is 4.68 Å². The Kier molecular flexibility index (Phi) is 5.67. The van der Waals surface area contributed by atoms with E-state index < -0.39 is 11.9 Å². The van der Waals surface area contributed by atoms with E-state index >= 15 is 0 Å². The first-order valence-electron chi connectivity index (χ1n) is 9.21. The zero-order valence-corrected chi connectivity index (χ0v) is 17.3. The second-order valence-corrected chi connectivity index (χ2v) is 7.49. The maximum atomic E-state index is 11.6. The van der Waals surface area contributed by atoms with Gasteiger partial charge in [0, 0.05) is 9.86 Å². The van der Waals surface area contributed by atoms with Crippen LogP contribution in [0.4, 0.5) is 0 Å². The highest BCUT2D eigenvalue weighted by Gasteiger charge is 2.17. The number of aliphatic carboxylic acids is 1. The number of carbonyl (C=O) groups is 2. The van der Waals surface area contributed by atoms with E-state index in [9.17, 15) is 9.59 Å². The molecule has 2 aromatic carbocycles. The standard InChI is InChI=1S/C22H17BrN2O5/c23-14-5-7-15(8-6-14)25-18-4-2-1-3-17(18)22(24-25)19-10-9-16(30-19)13-29-21(28)12-11-20(26)27/h1-10H,11-13H2,(H,26,27). The molecule has 0 saturated heterocycles. The van der Waals surface area contributed by atoms with Crippen molar-refractivity contribution in [3.8, 4) is 17.1 Å². The van der Waals surface area contributed by atoms with Gasteiger partial charge in [0.1, 0.15) is 18.1 Å². The second kappa shape index (κ2) is 8.54. The molecule has 7 nitrogen and oxygen atoms in total. The predicted octanol–water partition coefficient (Wildman–Crippen LogP) is 4.96. The van der Waals surface area contributed by atoms with Crippen molar-refractivity contribution in [1.82, 2.24) is 9.78 Å². The number of para-hydroxylation sites is 1. The van der Waals surface area contributed by atoms with Crippen molar-refractivity contribution < 1.29 is 23.8 Å². The number of halogens is 1. The van der Waals surface area contributed by atoms with Gasteiger partial charge in [0.25, 0.3) is 0 Å². The van der Waals surface area contributed by atoms with Crippen LogP contribution in [0, 0.1) is 0 Å². The van der Waals surface area contributed by atoms with Gasteiger partial charge in [-0.1, -0.05) is 34.1 Å². The molecule has 0 spiro atoms. The summed E-state index contributed by atoms with van der Waals surface area (Å²) < 4.78 is 13.8. The number of hydrogen-bond donors (Lipinski definition) is 1. The molecule has 0 bridgehead atoms. The Labute approximate surface area is 180 Å². The van der Waals surface area contributed by atoms with Crippen molar-refractivity contribution in [1.29, 1.82) is 0 Å². The SMILES string of the molecule is O=C(O)CCC(=O)OCc1ccc(-c2nn(-c3ccc(Br)cc3)c3ccccc23)o1. The average molecular weight is 469 g/mol. The van der Waals surface area contributed by atoms with E-state index in [2.05, 4.69) is 15.9 Å². The lowest BCUT2D eigenvalue weighted by atomic mass is 10.2. The minimum Gasteiger partial charge on any atom is -0.481 e. The molecule has 0 aliphatic rings. The van der Waals surface area contributed by atoms with Crippen LogP contribution in [0.2, 0.25) is 0 Å². The van der Waals surface area contributed by atoms with Gasteiger partial charge in [0.15, 0.2) is 5.76 Å². The van der Waals surface area contributed by atoms with Crippen molar-refractivity contribution >= 4 is 38.8 Å². The maximum absolute atomic E-state index is 11.6. The van der Waals surface area contributed by atoms with E-state index in [4.69, 9.17) is 19.4 Å². The first-order chi connectivity index (χ1) is 14.5. The molecular weight excluding hydrogens is 452 g/mol. The third-order valence-electron chi connectivity index (χ3n) is 4.47. The predicted molar refractivity (Wildman–Crippen MR) is 113 cm³/mol. The monoisotopic (exact) mass is 468 g/mol. The molecule has 0 atom stereocenters. The number of nitrogens with zero attached hydrogens (tertiary/aromatic N) is 2. The summed E-state index contributed by atoms with van der Waals surface area (Å²) in [5, 5.41) is 14.3. The van der Waals surface area contributed by atoms with Crippen molar-refractivity contribution in [2.75, 3.05) is 0 Å². The first-order valence-corrected chi connectivity index (χ1v) is 10.0.